The second-order valence-electron chi connectivity index (χ2n) is 19.5. The van der Waals surface area contributed by atoms with Gasteiger partial charge in [0.2, 0.25) is 0 Å². The minimum atomic E-state index is -1.44. The Labute approximate surface area is 518 Å². The Morgan fingerprint density at radius 3 is 1.11 bits per heavy atom. The lowest BCUT2D eigenvalue weighted by Gasteiger charge is -2.14. The second kappa shape index (κ2) is 32.0. The number of nitrogens with one attached hydrogen (secondary N) is 7. The van der Waals surface area contributed by atoms with E-state index in [4.69, 9.17) is 16.7 Å². The van der Waals surface area contributed by atoms with Gasteiger partial charge in [0, 0.05) is 5.56 Å². The van der Waals surface area contributed by atoms with Crippen LogP contribution in [0.3, 0.4) is 0 Å². The van der Waals surface area contributed by atoms with Gasteiger partial charge in [0.15, 0.2) is 52.4 Å². The quantitative estimate of drug-likeness (QED) is 0.0102. The van der Waals surface area contributed by atoms with Crippen molar-refractivity contribution in [3.8, 4) is 11.4 Å². The molecule has 0 aliphatic carbocycles. The number of aromatic amines is 1. The molecule has 2 amide bonds. The summed E-state index contributed by atoms with van der Waals surface area (Å²) in [6.07, 6.45) is 2.54. The monoisotopic (exact) mass is 1290 g/mol. The highest BCUT2D eigenvalue weighted by atomic mass is 19.2. The van der Waals surface area contributed by atoms with Crippen molar-refractivity contribution in [2.45, 2.75) is 67.2 Å². The van der Waals surface area contributed by atoms with Crippen LogP contribution in [-0.4, -0.2) is 43.9 Å². The molecule has 482 valence electrons. The SMILES string of the molecule is CCc1ccc(Nc2c(-c3n[nH]c(C)n3)ccc(F)c2F)c(F)c1.CCc1ccc(Nc2c(C(=O)NN)ccc(F)c2F)c(F)c1.CCc1ccc(Nc2c(C(=O)NN=C(C)N)ccc(F)c2F)c(F)c1.CCc1ccc(Nc2c(C(=O)O)ccc(F)c2F)c(F)c1. The molecule has 28 heteroatoms. The molecule has 8 aromatic carbocycles. The molecule has 0 spiro atoms. The fourth-order valence-corrected chi connectivity index (χ4v) is 8.23. The summed E-state index contributed by atoms with van der Waals surface area (Å²) in [5, 5.41) is 28.9. The summed E-state index contributed by atoms with van der Waals surface area (Å²) >= 11 is 0. The fourth-order valence-electron chi connectivity index (χ4n) is 8.23. The number of hydrogen-bond donors (Lipinski definition) is 10. The van der Waals surface area contributed by atoms with Crippen LogP contribution >= 0.6 is 0 Å². The number of rotatable bonds is 17. The highest BCUT2D eigenvalue weighted by Gasteiger charge is 2.24. The molecule has 0 unspecified atom stereocenters. The number of amidine groups is 1. The van der Waals surface area contributed by atoms with E-state index in [2.05, 4.69) is 47.0 Å². The number of halogens is 12. The van der Waals surface area contributed by atoms with Crippen LogP contribution in [0.15, 0.2) is 126 Å². The first kappa shape index (κ1) is 70.2. The first-order chi connectivity index (χ1) is 43.7. The molecule has 0 atom stereocenters. The first-order valence-electron chi connectivity index (χ1n) is 27.6. The Morgan fingerprint density at radius 1 is 0.467 bits per heavy atom. The number of amides is 2. The summed E-state index contributed by atoms with van der Waals surface area (Å²) in [6, 6.07) is 25.1. The summed E-state index contributed by atoms with van der Waals surface area (Å²) in [4.78, 5) is 38.9. The maximum absolute atomic E-state index is 14.3. The van der Waals surface area contributed by atoms with Crippen molar-refractivity contribution in [3.63, 3.8) is 0 Å². The number of aromatic nitrogens is 3. The molecule has 0 bridgehead atoms. The predicted molar refractivity (Wildman–Crippen MR) is 325 cm³/mol. The molecular weight excluding hydrogens is 1230 g/mol. The van der Waals surface area contributed by atoms with Gasteiger partial charge in [0.05, 0.1) is 62.2 Å². The van der Waals surface area contributed by atoms with E-state index in [1.54, 1.807) is 31.2 Å². The maximum Gasteiger partial charge on any atom is 0.337 e. The lowest BCUT2D eigenvalue weighted by Crippen LogP contribution is -2.30. The molecule has 1 heterocycles. The number of carbonyl (C=O) groups excluding carboxylic acids is 2. The Hall–Kier alpha value is -10.9. The number of hydrazone groups is 1. The summed E-state index contributed by atoms with van der Waals surface area (Å²) in [7, 11) is 0. The average Bonchev–Trinajstić information content (AvgIpc) is 1.15. The molecule has 12 N–H and O–H groups in total. The Kier molecular flexibility index (Phi) is 24.4. The molecule has 0 aliphatic heterocycles. The smallest absolute Gasteiger partial charge is 0.337 e. The van der Waals surface area contributed by atoms with Crippen LogP contribution in [0.1, 0.15) is 93.8 Å². The largest absolute Gasteiger partial charge is 0.478 e. The van der Waals surface area contributed by atoms with Crippen LogP contribution in [0.2, 0.25) is 0 Å². The molecular formula is C64H58F12N12O4. The van der Waals surface area contributed by atoms with Crippen LogP contribution in [0, 0.1) is 76.7 Å². The molecule has 9 aromatic rings. The fraction of sp³-hybridized carbons (Fsp3) is 0.156. The number of aryl methyl sites for hydroxylation is 5. The van der Waals surface area contributed by atoms with E-state index < -0.39 is 110 Å². The third kappa shape index (κ3) is 17.7. The van der Waals surface area contributed by atoms with Gasteiger partial charge < -0.3 is 32.1 Å². The number of hydrogen-bond acceptors (Lipinski definition) is 11. The van der Waals surface area contributed by atoms with Gasteiger partial charge in [-0.05, 0) is 159 Å². The van der Waals surface area contributed by atoms with Gasteiger partial charge in [-0.25, -0.2) is 73.7 Å². The van der Waals surface area contributed by atoms with Crippen LogP contribution in [0.4, 0.5) is 98.2 Å². The standard InChI is InChI=1S/C17H17F3N4O.C17H15F3N4.C15H14F3N3O.C15H12F3NO2/c1-3-10-4-7-14(13(19)8-10)22-16-11(5-6-12(18)15(16)20)17(25)24-23-9(2)21;1-3-10-4-7-14(13(19)8-10)22-16-11(5-6-12(18)15(16)20)17-21-9(2)23-24-17;1-2-8-3-6-12(11(17)7-8)20-14-9(15(22)21-19)4-5-10(16)13(14)18;1-2-8-3-6-12(11(17)7-8)19-14-9(15(20)21)4-5-10(16)13(14)18/h4-8,22H,3H2,1-2H3,(H2,21,23)(H,24,25);4-8,22H,3H2,1-2H3,(H,21,23,24);3-7,20H,2,19H2,1H3,(H,21,22);3-7,19H,2H2,1H3,(H,20,21). The first-order valence-corrected chi connectivity index (χ1v) is 27.6. The number of nitrogen functional groups attached to an aromatic ring is 1. The van der Waals surface area contributed by atoms with Crippen LogP contribution in [0.25, 0.3) is 11.4 Å². The summed E-state index contributed by atoms with van der Waals surface area (Å²) in [6.45, 7) is 10.6. The third-order valence-corrected chi connectivity index (χ3v) is 13.2. The number of carboxylic acids is 1. The molecule has 0 aliphatic rings. The van der Waals surface area contributed by atoms with Crippen molar-refractivity contribution < 1.29 is 72.2 Å². The predicted octanol–water partition coefficient (Wildman–Crippen LogP) is 15.1. The van der Waals surface area contributed by atoms with Crippen molar-refractivity contribution >= 4 is 69.1 Å². The number of carboxylic acid groups (broad SMARTS) is 1. The number of benzene rings is 8. The lowest BCUT2D eigenvalue weighted by atomic mass is 10.1. The van der Waals surface area contributed by atoms with Gasteiger partial charge in [-0.3, -0.25) is 20.1 Å². The van der Waals surface area contributed by atoms with Crippen molar-refractivity contribution in [3.05, 3.63) is 236 Å². The van der Waals surface area contributed by atoms with E-state index in [0.29, 0.717) is 37.6 Å². The summed E-state index contributed by atoms with van der Waals surface area (Å²) in [5.41, 5.74) is 9.52. The van der Waals surface area contributed by atoms with E-state index in [-0.39, 0.29) is 56.8 Å². The zero-order valence-electron chi connectivity index (χ0n) is 49.6. The minimum absolute atomic E-state index is 0.0465. The van der Waals surface area contributed by atoms with Crippen molar-refractivity contribution in [2.75, 3.05) is 21.3 Å². The molecule has 1 aromatic heterocycles. The van der Waals surface area contributed by atoms with Crippen LogP contribution < -0.4 is 43.7 Å². The normalized spacial score (nSPS) is 10.8. The van der Waals surface area contributed by atoms with Gasteiger partial charge in [-0.15, -0.1) is 0 Å². The topological polar surface area (TPSA) is 250 Å². The lowest BCUT2D eigenvalue weighted by molar-refractivity contribution is 0.0696. The molecule has 9 rings (SSSR count). The Morgan fingerprint density at radius 2 is 0.793 bits per heavy atom. The van der Waals surface area contributed by atoms with Crippen molar-refractivity contribution in [2.24, 2.45) is 16.7 Å². The molecule has 0 radical (unpaired) electrons. The Balaban J connectivity index is 0.000000195. The number of nitrogens with zero attached hydrogens (tertiary/aromatic N) is 3. The minimum Gasteiger partial charge on any atom is -0.478 e. The number of nitrogens with two attached hydrogens (primary N) is 2. The van der Waals surface area contributed by atoms with Gasteiger partial charge in [0.1, 0.15) is 34.9 Å². The number of carbonyl (C=O) groups is 3. The van der Waals surface area contributed by atoms with Crippen LogP contribution in [-0.2, 0) is 25.7 Å². The van der Waals surface area contributed by atoms with E-state index in [1.165, 1.54) is 61.5 Å². The molecule has 92 heavy (non-hydrogen) atoms. The van der Waals surface area contributed by atoms with Crippen molar-refractivity contribution in [1.82, 2.24) is 26.0 Å². The summed E-state index contributed by atoms with van der Waals surface area (Å²) in [5.74, 6) is -9.47. The number of H-pyrrole nitrogens is 1. The van der Waals surface area contributed by atoms with Gasteiger partial charge in [-0.2, -0.15) is 10.2 Å². The Bertz CT molecular complexity index is 4200. The van der Waals surface area contributed by atoms with E-state index in [0.717, 1.165) is 58.7 Å². The zero-order valence-corrected chi connectivity index (χ0v) is 49.6. The van der Waals surface area contributed by atoms with Gasteiger partial charge >= 0.3 is 5.97 Å². The van der Waals surface area contributed by atoms with Crippen LogP contribution in [0.5, 0.6) is 0 Å². The highest BCUT2D eigenvalue weighted by molar-refractivity contribution is 6.01. The third-order valence-electron chi connectivity index (χ3n) is 13.2. The van der Waals surface area contributed by atoms with E-state index in [1.807, 2.05) is 33.1 Å². The van der Waals surface area contributed by atoms with Gasteiger partial charge in [-0.1, -0.05) is 52.0 Å². The second-order valence-corrected chi connectivity index (χ2v) is 19.5. The average molecular weight is 1290 g/mol. The highest BCUT2D eigenvalue weighted by Crippen LogP contribution is 2.35. The molecule has 0 fully saturated rings. The summed E-state index contributed by atoms with van der Waals surface area (Å²) < 4.78 is 166. The number of aromatic carboxylic acids is 1. The molecule has 0 saturated heterocycles. The number of anilines is 8. The number of hydrazine groups is 1. The van der Waals surface area contributed by atoms with Crippen molar-refractivity contribution in [1.29, 1.82) is 0 Å². The maximum atomic E-state index is 14.3. The van der Waals surface area contributed by atoms with E-state index in [9.17, 15) is 67.1 Å². The van der Waals surface area contributed by atoms with Gasteiger partial charge in [0.25, 0.3) is 11.8 Å². The molecule has 16 nitrogen and oxygen atoms in total. The zero-order chi connectivity index (χ0) is 67.7. The van der Waals surface area contributed by atoms with E-state index >= 15 is 0 Å². The molecule has 0 saturated carbocycles.